The van der Waals surface area contributed by atoms with E-state index >= 15 is 0 Å². The van der Waals surface area contributed by atoms with Crippen molar-refractivity contribution in [3.05, 3.63) is 244 Å². The number of allylic oxidation sites excluding steroid dienone is 1. The Morgan fingerprint density at radius 2 is 0.951 bits per heavy atom. The molecule has 18 heteroatoms. The maximum Gasteiger partial charge on any atom is 0.252 e. The van der Waals surface area contributed by atoms with Crippen LogP contribution in [0.4, 0.5) is 8.78 Å². The number of likely N-dealkylation sites (tertiary alicyclic amines) is 3. The van der Waals surface area contributed by atoms with Crippen LogP contribution < -0.4 is 39.6 Å². The van der Waals surface area contributed by atoms with Crippen LogP contribution in [-0.2, 0) is 39.1 Å². The van der Waals surface area contributed by atoms with Crippen LogP contribution in [-0.4, -0.2) is 132 Å². The minimum atomic E-state index is -0.286. The van der Waals surface area contributed by atoms with E-state index in [-0.39, 0.29) is 47.2 Å². The van der Waals surface area contributed by atoms with Crippen molar-refractivity contribution in [1.82, 2.24) is 39.8 Å². The summed E-state index contributed by atoms with van der Waals surface area (Å²) in [5, 5.41) is 8.60. The summed E-state index contributed by atoms with van der Waals surface area (Å²) in [6, 6.07) is 49.1. The average Bonchev–Trinajstić information content (AvgIpc) is 1.24. The molecule has 9 atom stereocenters. The Labute approximate surface area is 599 Å². The molecule has 3 amide bonds. The lowest BCUT2D eigenvalue weighted by molar-refractivity contribution is 0.0537. The smallest absolute Gasteiger partial charge is 0.252 e. The quantitative estimate of drug-likeness (QED) is 0.0594. The number of aromatic nitrogens is 2. The van der Waals surface area contributed by atoms with Crippen molar-refractivity contribution in [3.8, 4) is 28.7 Å². The van der Waals surface area contributed by atoms with Gasteiger partial charge in [0.05, 0.1) is 39.4 Å². The second-order valence-corrected chi connectivity index (χ2v) is 28.5. The number of hydrogen-bond donors (Lipinski definition) is 3. The van der Waals surface area contributed by atoms with Crippen molar-refractivity contribution in [2.75, 3.05) is 72.8 Å². The third-order valence-electron chi connectivity index (χ3n) is 22.6. The highest BCUT2D eigenvalue weighted by Gasteiger charge is 2.40. The molecule has 0 saturated carbocycles. The molecule has 0 unspecified atom stereocenters. The molecule has 0 aliphatic carbocycles. The van der Waals surface area contributed by atoms with Gasteiger partial charge < -0.3 is 48.8 Å². The van der Waals surface area contributed by atoms with Crippen LogP contribution in [0, 0.1) is 23.6 Å². The molecule has 8 aromatic rings. The van der Waals surface area contributed by atoms with Crippen LogP contribution in [0.1, 0.15) is 148 Å². The number of ether oxygens (including phenoxy) is 5. The number of carbonyl (C=O) groups is 3. The summed E-state index contributed by atoms with van der Waals surface area (Å²) in [6.45, 7) is 20.3. The second kappa shape index (κ2) is 33.3. The van der Waals surface area contributed by atoms with Crippen molar-refractivity contribution in [1.29, 1.82) is 0 Å². The molecule has 7 aliphatic heterocycles. The number of benzene rings is 6. The number of hydrogen-bond acceptors (Lipinski definition) is 11. The lowest BCUT2D eigenvalue weighted by Gasteiger charge is -2.44. The van der Waals surface area contributed by atoms with E-state index in [1.807, 2.05) is 72.8 Å². The first kappa shape index (κ1) is 71.2. The zero-order valence-electron chi connectivity index (χ0n) is 59.5. The summed E-state index contributed by atoms with van der Waals surface area (Å²) in [5.74, 6) is 5.00. The van der Waals surface area contributed by atoms with Gasteiger partial charge in [0.1, 0.15) is 34.6 Å². The van der Waals surface area contributed by atoms with Crippen LogP contribution in [0.25, 0.3) is 0 Å². The summed E-state index contributed by atoms with van der Waals surface area (Å²) >= 11 is 0. The van der Waals surface area contributed by atoms with Crippen molar-refractivity contribution in [2.24, 2.45) is 17.8 Å². The van der Waals surface area contributed by atoms with Gasteiger partial charge in [0.15, 0.2) is 0 Å². The summed E-state index contributed by atoms with van der Waals surface area (Å²) in [7, 11) is 1.57. The molecule has 16 nitrogen and oxygen atoms in total. The van der Waals surface area contributed by atoms with Gasteiger partial charge in [-0.05, 0) is 221 Å². The number of fused-ring (bicyclic) bond motifs is 4. The number of rotatable bonds is 22. The van der Waals surface area contributed by atoms with Crippen molar-refractivity contribution < 1.29 is 46.8 Å². The maximum absolute atomic E-state index is 14.4. The third kappa shape index (κ3) is 17.1. The molecule has 3 N–H and O–H groups in total. The van der Waals surface area contributed by atoms with E-state index in [1.54, 1.807) is 19.3 Å². The summed E-state index contributed by atoms with van der Waals surface area (Å²) in [6.07, 6.45) is 16.1. The number of nitrogens with one attached hydrogen (secondary N) is 3. The van der Waals surface area contributed by atoms with Gasteiger partial charge in [-0.1, -0.05) is 66.7 Å². The number of amides is 3. The molecule has 536 valence electrons. The van der Waals surface area contributed by atoms with Gasteiger partial charge in [0.2, 0.25) is 0 Å². The van der Waals surface area contributed by atoms with Crippen molar-refractivity contribution in [2.45, 2.75) is 135 Å². The van der Waals surface area contributed by atoms with Crippen LogP contribution in [0.2, 0.25) is 0 Å². The first-order valence-electron chi connectivity index (χ1n) is 36.7. The zero-order chi connectivity index (χ0) is 70.6. The molecule has 7 aliphatic rings. The fourth-order valence-electron chi connectivity index (χ4n) is 16.5. The zero-order valence-corrected chi connectivity index (χ0v) is 59.5. The first-order chi connectivity index (χ1) is 49.7. The second-order valence-electron chi connectivity index (χ2n) is 28.5. The van der Waals surface area contributed by atoms with Crippen LogP contribution in [0.5, 0.6) is 28.7 Å². The minimum Gasteiger partial charge on any atom is -0.497 e. The average molecular weight is 1390 g/mol. The lowest BCUT2D eigenvalue weighted by atomic mass is 9.76. The standard InChI is InChI=1S/C30H35N3O3.C28H32FN3O3.C26H31FN2O2/c1-21-28(20-36-25-9-8-24-19-31-30(34)27(24)18-25)26(10-13-33(21)15-14-32-11-2-3-12-32)23-7-6-22-5-4-16-35-29(22)17-23;1-19-27(18-35-23-6-5-20-17-30-28(33)26(20)16-23)25(21-13-22(29)15-24(14-21)34-2)7-10-32(19)12-11-31-8-3-4-9-31;1-18(27)7-6-13-29-14-12-23(20-8-4-3-5-9-20)25(19(29)2)17-31-22-11-10-21-16-28-26(30)24(21)15-22/h2-3,6-9,11-12,17-18,21,26,28H,4-5,10,13-16,19-20H2,1H3,(H,31,34);3-6,8-9,13-16,19,25,27H,7,10-12,17-18H2,1-2H3,(H,30,33);3-5,7-11,15,19,23,25H,6,12-14,16-17H2,1-2H3,(H,28,30)/b;;18-7+/t21-,26+,28-;19-,25+,27-;19-,23+,25-/m111/s1. The molecular formula is C84H98F2N8O8. The monoisotopic (exact) mass is 1380 g/mol. The summed E-state index contributed by atoms with van der Waals surface area (Å²) < 4.78 is 62.3. The van der Waals surface area contributed by atoms with Crippen molar-refractivity contribution >= 4 is 17.7 Å². The number of nitrogens with zero attached hydrogens (tertiary/aromatic N) is 5. The number of carbonyl (C=O) groups excluding carboxylic acids is 3. The van der Waals surface area contributed by atoms with E-state index in [0.717, 1.165) is 143 Å². The predicted molar refractivity (Wildman–Crippen MR) is 393 cm³/mol. The summed E-state index contributed by atoms with van der Waals surface area (Å²) in [4.78, 5) is 43.8. The topological polar surface area (TPSA) is 153 Å². The molecule has 3 saturated heterocycles. The Hall–Kier alpha value is -9.23. The third-order valence-corrected chi connectivity index (χ3v) is 22.6. The molecule has 9 heterocycles. The SMILES string of the molecule is C/C(F)=C\CCN1CC[C@@H](c2ccccc2)[C@H](COc2ccc3c(c2)C(=O)NC3)[C@H]1C.COc1cc(F)cc([C@@H]2CCN(CCn3cccc3)[C@H](C)[C@H]2COc2ccc3c(c2)C(=O)NC3)c1.C[C@@H]1[C@@H](COc2ccc3c(c2)C(=O)NC3)[C@H](c2ccc3c(c2)OCCC3)CCN1CCn1cccc1. The highest BCUT2D eigenvalue weighted by Crippen LogP contribution is 2.43. The molecule has 2 aromatic heterocycles. The molecule has 0 spiro atoms. The number of piperidine rings is 3. The number of halogens is 2. The fraction of sp³-hybridized carbons (Fsp3) is 0.417. The van der Waals surface area contributed by atoms with E-state index in [1.165, 1.54) is 29.7 Å². The van der Waals surface area contributed by atoms with Gasteiger partial charge in [0.25, 0.3) is 17.7 Å². The Bertz CT molecular complexity index is 4180. The van der Waals surface area contributed by atoms with Crippen LogP contribution in [0.15, 0.2) is 182 Å². The van der Waals surface area contributed by atoms with E-state index in [4.69, 9.17) is 23.7 Å². The van der Waals surface area contributed by atoms with Gasteiger partial charge in [-0.15, -0.1) is 0 Å². The Morgan fingerprint density at radius 3 is 1.42 bits per heavy atom. The molecule has 3 fully saturated rings. The van der Waals surface area contributed by atoms with Crippen molar-refractivity contribution in [3.63, 3.8) is 0 Å². The lowest BCUT2D eigenvalue weighted by Crippen LogP contribution is -2.49. The van der Waals surface area contributed by atoms with Gasteiger partial charge in [0, 0.05) is 136 Å². The minimum absolute atomic E-state index is 0.00962. The largest absolute Gasteiger partial charge is 0.497 e. The van der Waals surface area contributed by atoms with Gasteiger partial charge in [-0.2, -0.15) is 0 Å². The molecule has 0 bridgehead atoms. The number of methoxy groups -OCH3 is 1. The normalized spacial score (nSPS) is 23.1. The highest BCUT2D eigenvalue weighted by atomic mass is 19.1. The Balaban J connectivity index is 0.000000137. The molecule has 0 radical (unpaired) electrons. The fourth-order valence-corrected chi connectivity index (χ4v) is 16.5. The highest BCUT2D eigenvalue weighted by molar-refractivity contribution is 5.99. The molecule has 15 rings (SSSR count). The van der Waals surface area contributed by atoms with E-state index in [9.17, 15) is 23.2 Å². The Morgan fingerprint density at radius 1 is 0.500 bits per heavy atom. The predicted octanol–water partition coefficient (Wildman–Crippen LogP) is 14.1. The van der Waals surface area contributed by atoms with Gasteiger partial charge in [-0.25, -0.2) is 8.78 Å². The first-order valence-corrected chi connectivity index (χ1v) is 36.7. The van der Waals surface area contributed by atoms with Crippen LogP contribution >= 0.6 is 0 Å². The molecule has 102 heavy (non-hydrogen) atoms. The maximum atomic E-state index is 14.4. The van der Waals surface area contributed by atoms with Gasteiger partial charge >= 0.3 is 0 Å². The molecular weight excluding hydrogens is 1290 g/mol. The Kier molecular flexibility index (Phi) is 23.2. The van der Waals surface area contributed by atoms with E-state index < -0.39 is 0 Å². The van der Waals surface area contributed by atoms with E-state index in [0.29, 0.717) is 97.8 Å². The number of aryl methyl sites for hydroxylation is 1. The van der Waals surface area contributed by atoms with E-state index in [2.05, 4.69) is 146 Å². The molecule has 6 aromatic carbocycles. The van der Waals surface area contributed by atoms with Gasteiger partial charge in [-0.3, -0.25) is 29.1 Å². The van der Waals surface area contributed by atoms with Crippen LogP contribution in [0.3, 0.4) is 0 Å². The summed E-state index contributed by atoms with van der Waals surface area (Å²) in [5.41, 5.74) is 10.2.